The zero-order chi connectivity index (χ0) is 34.1. The van der Waals surface area contributed by atoms with E-state index in [1.165, 1.54) is 31.3 Å². The van der Waals surface area contributed by atoms with Crippen molar-refractivity contribution in [1.29, 1.82) is 0 Å². The number of imide groups is 2. The number of hydrogen-bond donors (Lipinski definition) is 1. The molecule has 5 aliphatic rings. The molecule has 2 aromatic carbocycles. The van der Waals surface area contributed by atoms with E-state index in [4.69, 9.17) is 21.1 Å². The quantitative estimate of drug-likeness (QED) is 0.282. The number of benzene rings is 2. The van der Waals surface area contributed by atoms with E-state index in [-0.39, 0.29) is 52.2 Å². The third-order valence-corrected chi connectivity index (χ3v) is 11.8. The maximum atomic E-state index is 14.5. The van der Waals surface area contributed by atoms with Crippen LogP contribution in [-0.2, 0) is 19.2 Å². The van der Waals surface area contributed by atoms with Crippen LogP contribution >= 0.6 is 11.6 Å². The van der Waals surface area contributed by atoms with E-state index in [0.717, 1.165) is 48.6 Å². The predicted molar refractivity (Wildman–Crippen MR) is 176 cm³/mol. The Morgan fingerprint density at radius 1 is 0.958 bits per heavy atom. The van der Waals surface area contributed by atoms with Crippen molar-refractivity contribution in [3.05, 3.63) is 64.5 Å². The Hall–Kier alpha value is -4.18. The van der Waals surface area contributed by atoms with Gasteiger partial charge in [-0.3, -0.25) is 24.1 Å². The summed E-state index contributed by atoms with van der Waals surface area (Å²) in [6.45, 7) is 1.77. The van der Waals surface area contributed by atoms with Crippen molar-refractivity contribution in [2.24, 2.45) is 35.0 Å². The highest BCUT2D eigenvalue weighted by atomic mass is 35.5. The molecule has 4 amide bonds. The number of phenols is 1. The molecule has 2 heterocycles. The summed E-state index contributed by atoms with van der Waals surface area (Å²) in [6.07, 6.45) is 10.9. The number of anilines is 1. The second kappa shape index (κ2) is 12.1. The topological polar surface area (TPSA) is 113 Å². The number of carbonyl (C=O) groups excluding carboxylic acids is 4. The zero-order valence-corrected chi connectivity index (χ0v) is 27.8. The minimum absolute atomic E-state index is 0.106. The SMILES string of the molecule is COc1cc(C=C[C@H]2C3=CC[C@@H]4C(=O)N(C5CCCCC5)C(=O)[C@@H]4[C@@H]3C[C@H]3C(=O)N(c4ccc(F)c(Cl)c4)C(=O)[C@@]23C)cc(OC)c1O. The van der Waals surface area contributed by atoms with Crippen LogP contribution < -0.4 is 14.4 Å². The van der Waals surface area contributed by atoms with E-state index < -0.39 is 52.6 Å². The van der Waals surface area contributed by atoms with Gasteiger partial charge in [-0.15, -0.1) is 0 Å². The largest absolute Gasteiger partial charge is 0.502 e. The van der Waals surface area contributed by atoms with E-state index in [2.05, 4.69) is 0 Å². The smallest absolute Gasteiger partial charge is 0.241 e. The Balaban J connectivity index is 1.33. The summed E-state index contributed by atoms with van der Waals surface area (Å²) in [5, 5.41) is 10.3. The van der Waals surface area contributed by atoms with Gasteiger partial charge in [0.2, 0.25) is 29.4 Å². The van der Waals surface area contributed by atoms with Crippen LogP contribution in [0.1, 0.15) is 57.4 Å². The molecule has 4 fully saturated rings. The molecule has 0 unspecified atom stereocenters. The first-order valence-corrected chi connectivity index (χ1v) is 16.9. The summed E-state index contributed by atoms with van der Waals surface area (Å²) in [4.78, 5) is 59.5. The first-order valence-electron chi connectivity index (χ1n) is 16.5. The molecule has 2 saturated heterocycles. The molecule has 3 aliphatic carbocycles. The molecule has 48 heavy (non-hydrogen) atoms. The molecule has 6 atom stereocenters. The number of likely N-dealkylation sites (tertiary alicyclic amines) is 1. The van der Waals surface area contributed by atoms with Gasteiger partial charge in [0, 0.05) is 12.0 Å². The molecule has 252 valence electrons. The van der Waals surface area contributed by atoms with Gasteiger partial charge in [0.05, 0.1) is 48.1 Å². The average molecular weight is 677 g/mol. The second-order valence-corrected chi connectivity index (χ2v) is 14.2. The number of aromatic hydroxyl groups is 1. The number of carbonyl (C=O) groups is 4. The average Bonchev–Trinajstić information content (AvgIpc) is 3.45. The van der Waals surface area contributed by atoms with E-state index in [9.17, 15) is 28.7 Å². The van der Waals surface area contributed by atoms with Crippen LogP contribution in [0.5, 0.6) is 17.2 Å². The number of ether oxygens (including phenoxy) is 2. The third-order valence-electron chi connectivity index (χ3n) is 11.5. The normalized spacial score (nSPS) is 30.4. The molecule has 2 aromatic rings. The molecule has 1 N–H and O–H groups in total. The molecule has 0 aromatic heterocycles. The number of hydrogen-bond acceptors (Lipinski definition) is 7. The lowest BCUT2D eigenvalue weighted by atomic mass is 9.52. The standard InChI is InChI=1S/C37H38ClFN2O7/c1-37-25(13-9-19-15-29(47-2)32(42)30(16-19)48-3)22-11-12-23-31(35(45)40(33(23)43)20-7-5-4-6-8-20)24(22)18-26(37)34(44)41(36(37)46)21-10-14-28(39)27(38)17-21/h9-11,13-17,20,23-26,31,42H,4-8,12,18H2,1-3H3/t23-,24+,25-,26-,31-,37-/m0/s1. The molecule has 0 bridgehead atoms. The summed E-state index contributed by atoms with van der Waals surface area (Å²) in [6, 6.07) is 6.93. The molecule has 11 heteroatoms. The number of allylic oxidation sites excluding steroid dienone is 3. The number of rotatable bonds is 6. The van der Waals surface area contributed by atoms with Gasteiger partial charge in [-0.05, 0) is 74.4 Å². The zero-order valence-electron chi connectivity index (χ0n) is 27.1. The van der Waals surface area contributed by atoms with Gasteiger partial charge in [-0.2, -0.15) is 0 Å². The van der Waals surface area contributed by atoms with E-state index in [1.807, 2.05) is 12.2 Å². The fourth-order valence-corrected chi connectivity index (χ4v) is 9.20. The maximum absolute atomic E-state index is 14.5. The number of amides is 4. The van der Waals surface area contributed by atoms with Crippen LogP contribution in [0, 0.1) is 40.8 Å². The van der Waals surface area contributed by atoms with Crippen LogP contribution in [0.15, 0.2) is 48.1 Å². The second-order valence-electron chi connectivity index (χ2n) is 13.8. The molecule has 2 aliphatic heterocycles. The van der Waals surface area contributed by atoms with Crippen molar-refractivity contribution in [2.75, 3.05) is 19.1 Å². The van der Waals surface area contributed by atoms with Crippen LogP contribution in [0.3, 0.4) is 0 Å². The van der Waals surface area contributed by atoms with E-state index in [0.29, 0.717) is 12.0 Å². The van der Waals surface area contributed by atoms with Gasteiger partial charge in [0.15, 0.2) is 11.5 Å². The lowest BCUT2D eigenvalue weighted by Crippen LogP contribution is -2.49. The first kappa shape index (κ1) is 32.4. The van der Waals surface area contributed by atoms with Crippen molar-refractivity contribution < 1.29 is 38.1 Å². The molecule has 7 rings (SSSR count). The number of nitrogens with zero attached hydrogens (tertiary/aromatic N) is 2. The Labute approximate surface area is 283 Å². The molecular formula is C37H38ClFN2O7. The highest BCUT2D eigenvalue weighted by Gasteiger charge is 2.67. The Morgan fingerprint density at radius 3 is 2.29 bits per heavy atom. The van der Waals surface area contributed by atoms with Crippen molar-refractivity contribution in [1.82, 2.24) is 4.90 Å². The summed E-state index contributed by atoms with van der Waals surface area (Å²) < 4.78 is 24.8. The fraction of sp³-hybridized carbons (Fsp3) is 0.459. The van der Waals surface area contributed by atoms with Crippen molar-refractivity contribution in [2.45, 2.75) is 57.9 Å². The van der Waals surface area contributed by atoms with Crippen LogP contribution in [0.4, 0.5) is 10.1 Å². The monoisotopic (exact) mass is 676 g/mol. The van der Waals surface area contributed by atoms with Gasteiger partial charge in [-0.1, -0.05) is 54.7 Å². The van der Waals surface area contributed by atoms with Gasteiger partial charge < -0.3 is 14.6 Å². The van der Waals surface area contributed by atoms with Crippen LogP contribution in [-0.4, -0.2) is 53.9 Å². The highest BCUT2D eigenvalue weighted by molar-refractivity contribution is 6.31. The molecular weight excluding hydrogens is 639 g/mol. The van der Waals surface area contributed by atoms with Crippen LogP contribution in [0.2, 0.25) is 5.02 Å². The molecule has 2 saturated carbocycles. The number of halogens is 2. The van der Waals surface area contributed by atoms with Gasteiger partial charge in [0.1, 0.15) is 5.82 Å². The minimum atomic E-state index is -1.26. The summed E-state index contributed by atoms with van der Waals surface area (Å²) in [7, 11) is 2.86. The van der Waals surface area contributed by atoms with Crippen molar-refractivity contribution in [3.63, 3.8) is 0 Å². The third kappa shape index (κ3) is 4.77. The van der Waals surface area contributed by atoms with Gasteiger partial charge in [0.25, 0.3) is 0 Å². The van der Waals surface area contributed by atoms with Crippen LogP contribution in [0.25, 0.3) is 6.08 Å². The number of methoxy groups -OCH3 is 2. The maximum Gasteiger partial charge on any atom is 0.241 e. The molecule has 0 radical (unpaired) electrons. The molecule has 9 nitrogen and oxygen atoms in total. The number of phenolic OH excluding ortho intramolecular Hbond substituents is 1. The Kier molecular flexibility index (Phi) is 8.13. The van der Waals surface area contributed by atoms with Crippen molar-refractivity contribution in [3.8, 4) is 17.2 Å². The van der Waals surface area contributed by atoms with E-state index >= 15 is 0 Å². The lowest BCUT2D eigenvalue weighted by Gasteiger charge is -2.48. The van der Waals surface area contributed by atoms with Crippen molar-refractivity contribution >= 4 is 47.0 Å². The van der Waals surface area contributed by atoms with Gasteiger partial charge in [-0.25, -0.2) is 9.29 Å². The summed E-state index contributed by atoms with van der Waals surface area (Å²) in [5.41, 5.74) is 0.389. The first-order chi connectivity index (χ1) is 23.0. The summed E-state index contributed by atoms with van der Waals surface area (Å²) >= 11 is 6.09. The minimum Gasteiger partial charge on any atom is -0.502 e. The Bertz CT molecular complexity index is 1760. The highest BCUT2D eigenvalue weighted by Crippen LogP contribution is 2.61. The Morgan fingerprint density at radius 2 is 1.65 bits per heavy atom. The molecule has 0 spiro atoms. The lowest BCUT2D eigenvalue weighted by molar-refractivity contribution is -0.144. The van der Waals surface area contributed by atoms with Gasteiger partial charge >= 0.3 is 0 Å². The fourth-order valence-electron chi connectivity index (χ4n) is 9.03. The predicted octanol–water partition coefficient (Wildman–Crippen LogP) is 6.31. The number of fused-ring (bicyclic) bond motifs is 4. The van der Waals surface area contributed by atoms with E-state index in [1.54, 1.807) is 25.1 Å². The summed E-state index contributed by atoms with van der Waals surface area (Å²) in [5.74, 6) is -4.63.